The number of rotatable bonds is 4. The molecule has 0 aromatic heterocycles. The standard InChI is InChI=1S/C14H12BrF3N2O2S.C2H6/c1-19-23(21,22)11-5-6-13(12(15)8-11)20-10-4-2-3-9(7-10)14(16,17)18;1-2/h2-8,19-20H,1H3;1-2H3. The molecule has 0 fully saturated rings. The van der Waals surface area contributed by atoms with Crippen LogP contribution in [0.3, 0.4) is 0 Å². The van der Waals surface area contributed by atoms with Crippen LogP contribution in [0.4, 0.5) is 24.5 Å². The lowest BCUT2D eigenvalue weighted by Crippen LogP contribution is -2.18. The summed E-state index contributed by atoms with van der Waals surface area (Å²) in [7, 11) is -2.30. The highest BCUT2D eigenvalue weighted by Crippen LogP contribution is 2.33. The summed E-state index contributed by atoms with van der Waals surface area (Å²) in [6.45, 7) is 4.00. The van der Waals surface area contributed by atoms with Crippen LogP contribution < -0.4 is 10.0 Å². The number of alkyl halides is 3. The first kappa shape index (κ1) is 21.5. The van der Waals surface area contributed by atoms with Crippen molar-refractivity contribution in [1.82, 2.24) is 4.72 Å². The number of benzene rings is 2. The molecule has 0 saturated carbocycles. The average Bonchev–Trinajstić information content (AvgIpc) is 2.58. The van der Waals surface area contributed by atoms with Gasteiger partial charge < -0.3 is 5.32 Å². The maximum absolute atomic E-state index is 12.7. The molecule has 9 heteroatoms. The van der Waals surface area contributed by atoms with Crippen LogP contribution in [0.2, 0.25) is 0 Å². The molecule has 0 radical (unpaired) electrons. The zero-order chi connectivity index (χ0) is 19.3. The number of hydrogen-bond donors (Lipinski definition) is 2. The molecule has 0 aliphatic heterocycles. The molecule has 0 bridgehead atoms. The van der Waals surface area contributed by atoms with Crippen LogP contribution in [-0.4, -0.2) is 15.5 Å². The maximum Gasteiger partial charge on any atom is 0.416 e. The van der Waals surface area contributed by atoms with Gasteiger partial charge in [0.25, 0.3) is 0 Å². The molecule has 0 atom stereocenters. The first-order valence-corrected chi connectivity index (χ1v) is 9.58. The van der Waals surface area contributed by atoms with Gasteiger partial charge in [0.05, 0.1) is 16.1 Å². The Balaban J connectivity index is 0.00000151. The minimum atomic E-state index is -4.43. The van der Waals surface area contributed by atoms with Crippen molar-refractivity contribution in [2.24, 2.45) is 0 Å². The van der Waals surface area contributed by atoms with Crippen LogP contribution in [-0.2, 0) is 16.2 Å². The van der Waals surface area contributed by atoms with Crippen molar-refractivity contribution in [3.05, 3.63) is 52.5 Å². The monoisotopic (exact) mass is 438 g/mol. The van der Waals surface area contributed by atoms with Gasteiger partial charge in [0, 0.05) is 10.2 Å². The van der Waals surface area contributed by atoms with E-state index in [4.69, 9.17) is 0 Å². The second-order valence-corrected chi connectivity index (χ2v) is 7.29. The Labute approximate surface area is 153 Å². The first-order chi connectivity index (χ1) is 11.6. The van der Waals surface area contributed by atoms with E-state index in [2.05, 4.69) is 26.0 Å². The van der Waals surface area contributed by atoms with Crippen molar-refractivity contribution >= 4 is 37.3 Å². The van der Waals surface area contributed by atoms with Gasteiger partial charge in [0.2, 0.25) is 10.0 Å². The van der Waals surface area contributed by atoms with Gasteiger partial charge in [-0.3, -0.25) is 0 Å². The van der Waals surface area contributed by atoms with Gasteiger partial charge in [-0.15, -0.1) is 0 Å². The van der Waals surface area contributed by atoms with E-state index in [1.54, 1.807) is 0 Å². The Kier molecular flexibility index (Phi) is 7.45. The summed E-state index contributed by atoms with van der Waals surface area (Å²) >= 11 is 3.21. The molecule has 25 heavy (non-hydrogen) atoms. The third-order valence-electron chi connectivity index (χ3n) is 2.99. The number of hydrogen-bond acceptors (Lipinski definition) is 3. The quantitative estimate of drug-likeness (QED) is 0.693. The van der Waals surface area contributed by atoms with Crippen LogP contribution >= 0.6 is 15.9 Å². The normalized spacial score (nSPS) is 11.5. The van der Waals surface area contributed by atoms with E-state index < -0.39 is 21.8 Å². The molecular formula is C16H18BrF3N2O2S. The van der Waals surface area contributed by atoms with Crippen LogP contribution in [0.5, 0.6) is 0 Å². The first-order valence-electron chi connectivity index (χ1n) is 7.31. The highest BCUT2D eigenvalue weighted by Gasteiger charge is 2.30. The van der Waals surface area contributed by atoms with E-state index in [0.717, 1.165) is 12.1 Å². The Bertz CT molecular complexity index is 824. The highest BCUT2D eigenvalue weighted by molar-refractivity contribution is 9.10. The molecule has 0 aliphatic carbocycles. The predicted octanol–water partition coefficient (Wildman–Crippen LogP) is 5.15. The van der Waals surface area contributed by atoms with Crippen LogP contribution in [0.25, 0.3) is 0 Å². The molecule has 0 heterocycles. The fraction of sp³-hybridized carbons (Fsp3) is 0.250. The third kappa shape index (κ3) is 5.72. The van der Waals surface area contributed by atoms with E-state index in [9.17, 15) is 21.6 Å². The van der Waals surface area contributed by atoms with Gasteiger partial charge >= 0.3 is 6.18 Å². The Hall–Kier alpha value is -1.58. The van der Waals surface area contributed by atoms with Gasteiger partial charge in [0.1, 0.15) is 0 Å². The summed E-state index contributed by atoms with van der Waals surface area (Å²) in [4.78, 5) is 0.0430. The van der Waals surface area contributed by atoms with Crippen molar-refractivity contribution in [3.63, 3.8) is 0 Å². The Morgan fingerprint density at radius 2 is 1.68 bits per heavy atom. The van der Waals surface area contributed by atoms with Gasteiger partial charge in [-0.1, -0.05) is 19.9 Å². The summed E-state index contributed by atoms with van der Waals surface area (Å²) in [5.74, 6) is 0. The van der Waals surface area contributed by atoms with Crippen LogP contribution in [0.1, 0.15) is 19.4 Å². The second-order valence-electron chi connectivity index (χ2n) is 4.55. The van der Waals surface area contributed by atoms with Crippen molar-refractivity contribution < 1.29 is 21.6 Å². The van der Waals surface area contributed by atoms with Gasteiger partial charge in [-0.05, 0) is 59.4 Å². The minimum Gasteiger partial charge on any atom is -0.355 e. The smallest absolute Gasteiger partial charge is 0.355 e. The van der Waals surface area contributed by atoms with Gasteiger partial charge in [0.15, 0.2) is 0 Å². The van der Waals surface area contributed by atoms with Crippen LogP contribution in [0.15, 0.2) is 51.8 Å². The lowest BCUT2D eigenvalue weighted by atomic mass is 10.2. The number of halogens is 4. The van der Waals surface area contributed by atoms with E-state index in [1.807, 2.05) is 13.8 Å². The maximum atomic E-state index is 12.7. The fourth-order valence-corrected chi connectivity index (χ4v) is 3.20. The average molecular weight is 439 g/mol. The molecule has 2 N–H and O–H groups in total. The molecule has 138 valence electrons. The number of nitrogens with one attached hydrogen (secondary N) is 2. The van der Waals surface area contributed by atoms with E-state index in [0.29, 0.717) is 10.2 Å². The molecular weight excluding hydrogens is 421 g/mol. The predicted molar refractivity (Wildman–Crippen MR) is 96.5 cm³/mol. The molecule has 2 rings (SSSR count). The summed E-state index contributed by atoms with van der Waals surface area (Å²) in [5, 5.41) is 2.82. The molecule has 0 unspecified atom stereocenters. The van der Waals surface area contributed by atoms with Gasteiger partial charge in [-0.2, -0.15) is 13.2 Å². The number of anilines is 2. The summed E-state index contributed by atoms with van der Waals surface area (Å²) in [6.07, 6.45) is -4.43. The van der Waals surface area contributed by atoms with E-state index in [1.165, 1.54) is 37.4 Å². The molecule has 4 nitrogen and oxygen atoms in total. The van der Waals surface area contributed by atoms with Crippen molar-refractivity contribution in [1.29, 1.82) is 0 Å². The molecule has 0 spiro atoms. The van der Waals surface area contributed by atoms with E-state index >= 15 is 0 Å². The topological polar surface area (TPSA) is 58.2 Å². The molecule has 2 aromatic carbocycles. The molecule has 2 aromatic rings. The SMILES string of the molecule is CC.CNS(=O)(=O)c1ccc(Nc2cccc(C(F)(F)F)c2)c(Br)c1. The minimum absolute atomic E-state index is 0.0430. The summed E-state index contributed by atoms with van der Waals surface area (Å²) in [6, 6.07) is 8.91. The third-order valence-corrected chi connectivity index (χ3v) is 5.06. The fourth-order valence-electron chi connectivity index (χ4n) is 1.81. The lowest BCUT2D eigenvalue weighted by molar-refractivity contribution is -0.137. The number of sulfonamides is 1. The Morgan fingerprint density at radius 1 is 1.04 bits per heavy atom. The largest absolute Gasteiger partial charge is 0.416 e. The molecule has 0 aliphatic rings. The second kappa shape index (κ2) is 8.68. The molecule has 0 saturated heterocycles. The molecule has 0 amide bonds. The Morgan fingerprint density at radius 3 is 2.20 bits per heavy atom. The van der Waals surface area contributed by atoms with Crippen molar-refractivity contribution in [2.45, 2.75) is 24.9 Å². The van der Waals surface area contributed by atoms with Crippen LogP contribution in [0, 0.1) is 0 Å². The lowest BCUT2D eigenvalue weighted by Gasteiger charge is -2.12. The van der Waals surface area contributed by atoms with Gasteiger partial charge in [-0.25, -0.2) is 13.1 Å². The zero-order valence-electron chi connectivity index (χ0n) is 13.8. The van der Waals surface area contributed by atoms with E-state index in [-0.39, 0.29) is 10.6 Å². The summed E-state index contributed by atoms with van der Waals surface area (Å²) < 4.78 is 64.1. The highest BCUT2D eigenvalue weighted by atomic mass is 79.9. The summed E-state index contributed by atoms with van der Waals surface area (Å²) in [5.41, 5.74) is -0.0860. The van der Waals surface area contributed by atoms with Crippen molar-refractivity contribution in [3.8, 4) is 0 Å². The van der Waals surface area contributed by atoms with Crippen molar-refractivity contribution in [2.75, 3.05) is 12.4 Å². The zero-order valence-corrected chi connectivity index (χ0v) is 16.2.